The normalized spacial score (nSPS) is 27.9. The maximum Gasteiger partial charge on any atom is 0.0669 e. The molecule has 138 valence electrons. The van der Waals surface area contributed by atoms with Crippen LogP contribution in [0.15, 0.2) is 17.1 Å². The molecule has 2 bridgehead atoms. The Morgan fingerprint density at radius 1 is 1.16 bits per heavy atom. The third kappa shape index (κ3) is 3.71. The molecular formula is C24H37N. The second-order valence-electron chi connectivity index (χ2n) is 9.40. The molecule has 1 heterocycles. The monoisotopic (exact) mass is 339 g/mol. The average Bonchev–Trinajstić information content (AvgIpc) is 2.89. The van der Waals surface area contributed by atoms with Crippen molar-refractivity contribution >= 4 is 11.4 Å². The highest BCUT2D eigenvalue weighted by Crippen LogP contribution is 2.49. The SMILES string of the molecule is CCCCCc1cc2c3c(c1)N=C(C)C(C)(C)CCC(C)C(C2)C3C. The Balaban J connectivity index is 2.06. The van der Waals surface area contributed by atoms with Gasteiger partial charge in [-0.05, 0) is 79.5 Å². The summed E-state index contributed by atoms with van der Waals surface area (Å²) in [6, 6.07) is 4.94. The van der Waals surface area contributed by atoms with E-state index in [0.717, 1.165) is 11.8 Å². The third-order valence-corrected chi connectivity index (χ3v) is 7.15. The van der Waals surface area contributed by atoms with E-state index in [-0.39, 0.29) is 5.41 Å². The van der Waals surface area contributed by atoms with E-state index in [4.69, 9.17) is 4.99 Å². The zero-order chi connectivity index (χ0) is 18.2. The third-order valence-electron chi connectivity index (χ3n) is 7.15. The van der Waals surface area contributed by atoms with Crippen molar-refractivity contribution in [1.82, 2.24) is 0 Å². The molecule has 3 rings (SSSR count). The summed E-state index contributed by atoms with van der Waals surface area (Å²) in [6.07, 6.45) is 8.97. The predicted molar refractivity (Wildman–Crippen MR) is 110 cm³/mol. The predicted octanol–water partition coefficient (Wildman–Crippen LogP) is 7.24. The molecule has 0 N–H and O–H groups in total. The number of fused-ring (bicyclic) bond motifs is 1. The Hall–Kier alpha value is -1.11. The fourth-order valence-corrected chi connectivity index (χ4v) is 4.93. The van der Waals surface area contributed by atoms with Crippen molar-refractivity contribution in [1.29, 1.82) is 0 Å². The van der Waals surface area contributed by atoms with Crippen LogP contribution in [0, 0.1) is 17.3 Å². The van der Waals surface area contributed by atoms with Crippen LogP contribution in [0.25, 0.3) is 0 Å². The van der Waals surface area contributed by atoms with Gasteiger partial charge in [0.05, 0.1) is 5.69 Å². The molecule has 0 radical (unpaired) electrons. The molecule has 1 nitrogen and oxygen atoms in total. The van der Waals surface area contributed by atoms with Gasteiger partial charge >= 0.3 is 0 Å². The topological polar surface area (TPSA) is 12.4 Å². The molecule has 1 aromatic rings. The number of benzene rings is 1. The van der Waals surface area contributed by atoms with Crippen molar-refractivity contribution in [3.63, 3.8) is 0 Å². The second-order valence-corrected chi connectivity index (χ2v) is 9.40. The number of hydrogen-bond acceptors (Lipinski definition) is 1. The molecule has 0 aromatic heterocycles. The summed E-state index contributed by atoms with van der Waals surface area (Å²) >= 11 is 0. The molecule has 25 heavy (non-hydrogen) atoms. The van der Waals surface area contributed by atoms with Gasteiger partial charge in [0.1, 0.15) is 0 Å². The van der Waals surface area contributed by atoms with Crippen LogP contribution < -0.4 is 0 Å². The molecule has 0 fully saturated rings. The first-order valence-corrected chi connectivity index (χ1v) is 10.5. The van der Waals surface area contributed by atoms with Crippen LogP contribution in [0.1, 0.15) is 96.3 Å². The summed E-state index contributed by atoms with van der Waals surface area (Å²) < 4.78 is 0. The Bertz CT molecular complexity index is 652. The van der Waals surface area contributed by atoms with Gasteiger partial charge < -0.3 is 0 Å². The Morgan fingerprint density at radius 2 is 1.92 bits per heavy atom. The zero-order valence-electron chi connectivity index (χ0n) is 17.3. The van der Waals surface area contributed by atoms with E-state index >= 15 is 0 Å². The molecule has 1 aromatic carbocycles. The summed E-state index contributed by atoms with van der Waals surface area (Å²) in [4.78, 5) is 5.22. The van der Waals surface area contributed by atoms with Gasteiger partial charge in [0, 0.05) is 11.1 Å². The first kappa shape index (κ1) is 18.7. The summed E-state index contributed by atoms with van der Waals surface area (Å²) in [5.41, 5.74) is 7.48. The van der Waals surface area contributed by atoms with Crippen LogP contribution >= 0.6 is 0 Å². The van der Waals surface area contributed by atoms with Gasteiger partial charge in [-0.1, -0.05) is 53.5 Å². The molecule has 3 unspecified atom stereocenters. The summed E-state index contributed by atoms with van der Waals surface area (Å²) in [5, 5.41) is 0. The van der Waals surface area contributed by atoms with Gasteiger partial charge in [-0.15, -0.1) is 0 Å². The maximum absolute atomic E-state index is 5.22. The van der Waals surface area contributed by atoms with Crippen LogP contribution in [-0.2, 0) is 12.8 Å². The molecule has 0 amide bonds. The highest BCUT2D eigenvalue weighted by atomic mass is 14.8. The summed E-state index contributed by atoms with van der Waals surface area (Å²) in [7, 11) is 0. The van der Waals surface area contributed by atoms with Crippen molar-refractivity contribution < 1.29 is 0 Å². The lowest BCUT2D eigenvalue weighted by Gasteiger charge is -2.31. The van der Waals surface area contributed by atoms with E-state index in [1.807, 2.05) is 0 Å². The molecule has 3 atom stereocenters. The Labute approximate surface area is 155 Å². The van der Waals surface area contributed by atoms with Crippen molar-refractivity contribution in [2.75, 3.05) is 0 Å². The molecule has 2 aliphatic rings. The number of hydrogen-bond donors (Lipinski definition) is 0. The number of nitrogens with zero attached hydrogens (tertiary/aromatic N) is 1. The van der Waals surface area contributed by atoms with Crippen LogP contribution in [0.4, 0.5) is 5.69 Å². The van der Waals surface area contributed by atoms with E-state index in [9.17, 15) is 0 Å². The number of unbranched alkanes of at least 4 members (excludes halogenated alkanes) is 2. The molecular weight excluding hydrogens is 302 g/mol. The van der Waals surface area contributed by atoms with Gasteiger partial charge in [0.2, 0.25) is 0 Å². The number of rotatable bonds is 4. The smallest absolute Gasteiger partial charge is 0.0669 e. The first-order valence-electron chi connectivity index (χ1n) is 10.5. The van der Waals surface area contributed by atoms with E-state index in [2.05, 4.69) is 53.7 Å². The first-order chi connectivity index (χ1) is 11.8. The summed E-state index contributed by atoms with van der Waals surface area (Å²) in [6.45, 7) is 14.2. The number of aliphatic imine (C=N–C) groups is 1. The Morgan fingerprint density at radius 3 is 2.64 bits per heavy atom. The standard InChI is InChI=1S/C24H37N/c1-7-8-9-10-19-13-20-15-21-16(2)11-12-24(5,6)18(4)25-22(14-19)23(20)17(21)3/h13-14,16-17,21H,7-12,15H2,1-6H3. The van der Waals surface area contributed by atoms with Crippen LogP contribution in [-0.4, -0.2) is 5.71 Å². The molecule has 0 saturated heterocycles. The van der Waals surface area contributed by atoms with E-state index < -0.39 is 0 Å². The molecule has 0 spiro atoms. The second kappa shape index (κ2) is 7.25. The largest absolute Gasteiger partial charge is 0.257 e. The summed E-state index contributed by atoms with van der Waals surface area (Å²) in [5.74, 6) is 2.25. The van der Waals surface area contributed by atoms with Gasteiger partial charge in [-0.3, -0.25) is 4.99 Å². The minimum absolute atomic E-state index is 0.208. The lowest BCUT2D eigenvalue weighted by molar-refractivity contribution is 0.281. The minimum atomic E-state index is 0.208. The van der Waals surface area contributed by atoms with Crippen LogP contribution in [0.3, 0.4) is 0 Å². The lowest BCUT2D eigenvalue weighted by Crippen LogP contribution is -2.25. The van der Waals surface area contributed by atoms with Crippen LogP contribution in [0.2, 0.25) is 0 Å². The molecule has 1 aliphatic carbocycles. The van der Waals surface area contributed by atoms with Crippen molar-refractivity contribution in [3.8, 4) is 0 Å². The van der Waals surface area contributed by atoms with Gasteiger partial charge in [-0.2, -0.15) is 0 Å². The van der Waals surface area contributed by atoms with E-state index in [0.29, 0.717) is 5.92 Å². The molecule has 1 aliphatic heterocycles. The molecule has 1 heteroatoms. The molecule has 0 saturated carbocycles. The fraction of sp³-hybridized carbons (Fsp3) is 0.708. The Kier molecular flexibility index (Phi) is 5.42. The van der Waals surface area contributed by atoms with Gasteiger partial charge in [0.25, 0.3) is 0 Å². The van der Waals surface area contributed by atoms with Crippen LogP contribution in [0.5, 0.6) is 0 Å². The zero-order valence-corrected chi connectivity index (χ0v) is 17.3. The van der Waals surface area contributed by atoms with Crippen molar-refractivity contribution in [2.45, 2.75) is 92.4 Å². The number of aryl methyl sites for hydroxylation is 1. The van der Waals surface area contributed by atoms with E-state index in [1.165, 1.54) is 61.9 Å². The lowest BCUT2D eigenvalue weighted by atomic mass is 9.75. The van der Waals surface area contributed by atoms with Gasteiger partial charge in [-0.25, -0.2) is 0 Å². The quantitative estimate of drug-likeness (QED) is 0.512. The minimum Gasteiger partial charge on any atom is -0.257 e. The highest BCUT2D eigenvalue weighted by Gasteiger charge is 2.37. The average molecular weight is 340 g/mol. The van der Waals surface area contributed by atoms with Crippen molar-refractivity contribution in [3.05, 3.63) is 28.8 Å². The highest BCUT2D eigenvalue weighted by molar-refractivity contribution is 5.90. The van der Waals surface area contributed by atoms with Crippen molar-refractivity contribution in [2.24, 2.45) is 22.2 Å². The van der Waals surface area contributed by atoms with Gasteiger partial charge in [0.15, 0.2) is 0 Å². The maximum atomic E-state index is 5.22. The van der Waals surface area contributed by atoms with E-state index in [1.54, 1.807) is 11.1 Å². The fourth-order valence-electron chi connectivity index (χ4n) is 4.93.